The van der Waals surface area contributed by atoms with Crippen LogP contribution in [-0.4, -0.2) is 33.6 Å². The number of esters is 2. The molecule has 0 aromatic carbocycles. The van der Waals surface area contributed by atoms with Crippen LogP contribution in [0.3, 0.4) is 0 Å². The fraction of sp³-hybridized carbons (Fsp3) is 0.562. The molecule has 25 heavy (non-hydrogen) atoms. The van der Waals surface area contributed by atoms with Gasteiger partial charge in [-0.1, -0.05) is 20.3 Å². The molecule has 0 radical (unpaired) electrons. The molecule has 2 aliphatic rings. The van der Waals surface area contributed by atoms with Crippen molar-refractivity contribution in [2.24, 2.45) is 5.10 Å². The van der Waals surface area contributed by atoms with Crippen molar-refractivity contribution in [1.29, 1.82) is 0 Å². The van der Waals surface area contributed by atoms with Gasteiger partial charge in [-0.05, 0) is 18.8 Å². The van der Waals surface area contributed by atoms with Crippen molar-refractivity contribution in [1.82, 2.24) is 10.2 Å². The standard InChI is InChI=1S/C16H19N5O4/c1-9(2)10-11(17-3)13(20-18-10)21-19-12-14(22)24-16(25-15(12)23)7-5-4-6-8-16/h9H,4-8H2,1-2H3,(H2,18,20,21). The van der Waals surface area contributed by atoms with E-state index in [0.717, 1.165) is 19.3 Å². The zero-order valence-electron chi connectivity index (χ0n) is 14.1. The summed E-state index contributed by atoms with van der Waals surface area (Å²) in [4.78, 5) is 27.8. The van der Waals surface area contributed by atoms with E-state index in [-0.39, 0.29) is 17.4 Å². The van der Waals surface area contributed by atoms with Gasteiger partial charge in [0.05, 0.1) is 6.57 Å². The molecule has 0 unspecified atom stereocenters. The monoisotopic (exact) mass is 345 g/mol. The van der Waals surface area contributed by atoms with E-state index in [1.807, 2.05) is 13.8 Å². The van der Waals surface area contributed by atoms with Crippen molar-refractivity contribution in [3.8, 4) is 0 Å². The van der Waals surface area contributed by atoms with Crippen LogP contribution in [0.15, 0.2) is 5.10 Å². The van der Waals surface area contributed by atoms with Crippen LogP contribution < -0.4 is 5.43 Å². The summed E-state index contributed by atoms with van der Waals surface area (Å²) in [6.45, 7) is 11.1. The number of H-pyrrole nitrogens is 1. The highest BCUT2D eigenvalue weighted by atomic mass is 16.7. The van der Waals surface area contributed by atoms with E-state index in [4.69, 9.17) is 16.0 Å². The van der Waals surface area contributed by atoms with Crippen molar-refractivity contribution in [2.75, 3.05) is 5.43 Å². The van der Waals surface area contributed by atoms with Gasteiger partial charge in [-0.15, -0.1) is 0 Å². The Kier molecular flexibility index (Phi) is 4.44. The number of hydrogen-bond acceptors (Lipinski definition) is 7. The van der Waals surface area contributed by atoms with Gasteiger partial charge in [0.1, 0.15) is 0 Å². The Balaban J connectivity index is 1.78. The van der Waals surface area contributed by atoms with E-state index in [1.54, 1.807) is 0 Å². The van der Waals surface area contributed by atoms with Crippen LogP contribution in [0.1, 0.15) is 57.6 Å². The zero-order valence-corrected chi connectivity index (χ0v) is 14.1. The molecule has 0 amide bonds. The lowest BCUT2D eigenvalue weighted by Gasteiger charge is -2.38. The molecule has 1 aliphatic carbocycles. The minimum Gasteiger partial charge on any atom is -0.417 e. The molecule has 2 N–H and O–H groups in total. The van der Waals surface area contributed by atoms with Gasteiger partial charge >= 0.3 is 11.9 Å². The van der Waals surface area contributed by atoms with Crippen LogP contribution >= 0.6 is 0 Å². The first kappa shape index (κ1) is 17.0. The first-order chi connectivity index (χ1) is 12.0. The van der Waals surface area contributed by atoms with Gasteiger partial charge in [-0.2, -0.15) is 10.2 Å². The van der Waals surface area contributed by atoms with E-state index < -0.39 is 23.4 Å². The molecule has 132 valence electrons. The topological polar surface area (TPSA) is 110 Å². The Morgan fingerprint density at radius 3 is 2.44 bits per heavy atom. The Morgan fingerprint density at radius 1 is 1.24 bits per heavy atom. The van der Waals surface area contributed by atoms with Crippen LogP contribution in [0, 0.1) is 6.57 Å². The molecular weight excluding hydrogens is 326 g/mol. The highest BCUT2D eigenvalue weighted by Gasteiger charge is 2.47. The second kappa shape index (κ2) is 6.55. The first-order valence-corrected chi connectivity index (χ1v) is 8.22. The summed E-state index contributed by atoms with van der Waals surface area (Å²) >= 11 is 0. The summed E-state index contributed by atoms with van der Waals surface area (Å²) < 4.78 is 10.7. The van der Waals surface area contributed by atoms with Crippen molar-refractivity contribution in [2.45, 2.75) is 57.7 Å². The minimum absolute atomic E-state index is 0.0653. The lowest BCUT2D eigenvalue weighted by atomic mass is 9.93. The van der Waals surface area contributed by atoms with Crippen LogP contribution in [0.2, 0.25) is 0 Å². The predicted octanol–water partition coefficient (Wildman–Crippen LogP) is 2.61. The van der Waals surface area contributed by atoms with Crippen molar-refractivity contribution >= 4 is 29.2 Å². The first-order valence-electron chi connectivity index (χ1n) is 8.22. The van der Waals surface area contributed by atoms with Crippen LogP contribution in [0.4, 0.5) is 11.5 Å². The summed E-state index contributed by atoms with van der Waals surface area (Å²) in [6, 6.07) is 0. The lowest BCUT2D eigenvalue weighted by molar-refractivity contribution is -0.237. The number of carbonyl (C=O) groups excluding carboxylic acids is 2. The number of aromatic nitrogens is 2. The Morgan fingerprint density at radius 2 is 1.88 bits per heavy atom. The van der Waals surface area contributed by atoms with Crippen LogP contribution in [-0.2, 0) is 19.1 Å². The third-order valence-corrected chi connectivity index (χ3v) is 4.29. The molecule has 1 aliphatic heterocycles. The van der Waals surface area contributed by atoms with Gasteiger partial charge < -0.3 is 9.47 Å². The molecule has 1 spiro atoms. The third kappa shape index (κ3) is 3.20. The summed E-state index contributed by atoms with van der Waals surface area (Å²) in [5.41, 5.74) is 2.92. The van der Waals surface area contributed by atoms with E-state index in [2.05, 4.69) is 25.6 Å². The van der Waals surface area contributed by atoms with Gasteiger partial charge in [0.2, 0.25) is 0 Å². The number of ether oxygens (including phenoxy) is 2. The number of nitrogens with zero attached hydrogens (tertiary/aromatic N) is 3. The molecule has 2 heterocycles. The molecule has 1 aromatic heterocycles. The maximum Gasteiger partial charge on any atom is 0.369 e. The van der Waals surface area contributed by atoms with Crippen molar-refractivity contribution < 1.29 is 19.1 Å². The fourth-order valence-electron chi connectivity index (χ4n) is 2.98. The zero-order chi connectivity index (χ0) is 18.0. The number of rotatable bonds is 3. The number of carbonyl (C=O) groups is 2. The van der Waals surface area contributed by atoms with Gasteiger partial charge in [0.15, 0.2) is 5.82 Å². The number of hydrazone groups is 1. The second-order valence-corrected chi connectivity index (χ2v) is 6.42. The minimum atomic E-state index is -1.15. The summed E-state index contributed by atoms with van der Waals surface area (Å²) in [5.74, 6) is -2.59. The van der Waals surface area contributed by atoms with Crippen LogP contribution in [0.5, 0.6) is 0 Å². The van der Waals surface area contributed by atoms with Gasteiger partial charge in [-0.25, -0.2) is 14.4 Å². The molecule has 2 fully saturated rings. The molecule has 0 atom stereocenters. The lowest BCUT2D eigenvalue weighted by Crippen LogP contribution is -2.51. The second-order valence-electron chi connectivity index (χ2n) is 6.42. The highest BCUT2D eigenvalue weighted by Crippen LogP contribution is 2.36. The molecule has 1 saturated heterocycles. The number of nitrogens with one attached hydrogen (secondary N) is 2. The maximum atomic E-state index is 12.2. The van der Waals surface area contributed by atoms with E-state index in [9.17, 15) is 9.59 Å². The molecule has 9 heteroatoms. The molecule has 1 aromatic rings. The normalized spacial score (nSPS) is 19.4. The van der Waals surface area contributed by atoms with E-state index >= 15 is 0 Å². The average molecular weight is 345 g/mol. The van der Waals surface area contributed by atoms with Gasteiger partial charge in [0.25, 0.3) is 17.2 Å². The Hall–Kier alpha value is -2.89. The Labute approximate surface area is 144 Å². The van der Waals surface area contributed by atoms with Crippen LogP contribution in [0.25, 0.3) is 4.85 Å². The highest BCUT2D eigenvalue weighted by molar-refractivity contribution is 6.63. The fourth-order valence-corrected chi connectivity index (χ4v) is 2.98. The number of aromatic amines is 1. The Bertz CT molecular complexity index is 746. The molecule has 0 bridgehead atoms. The SMILES string of the molecule is [C-]#[N+]c1c(NN=C2C(=O)OC3(CCCCC3)OC2=O)n[nH]c1C(C)C. The van der Waals surface area contributed by atoms with Gasteiger partial charge in [0, 0.05) is 18.5 Å². The number of hydrogen-bond donors (Lipinski definition) is 2. The van der Waals surface area contributed by atoms with E-state index in [0.29, 0.717) is 18.5 Å². The quantitative estimate of drug-likeness (QED) is 0.495. The molecular formula is C16H19N5O4. The summed E-state index contributed by atoms with van der Waals surface area (Å²) in [5, 5.41) is 10.5. The number of anilines is 1. The smallest absolute Gasteiger partial charge is 0.369 e. The van der Waals surface area contributed by atoms with Gasteiger partial charge in [-0.3, -0.25) is 10.5 Å². The third-order valence-electron chi connectivity index (χ3n) is 4.29. The molecule has 1 saturated carbocycles. The average Bonchev–Trinajstić information content (AvgIpc) is 2.98. The summed E-state index contributed by atoms with van der Waals surface area (Å²) in [7, 11) is 0. The van der Waals surface area contributed by atoms with E-state index in [1.165, 1.54) is 0 Å². The summed E-state index contributed by atoms with van der Waals surface area (Å²) in [6.07, 6.45) is 3.71. The van der Waals surface area contributed by atoms with Crippen molar-refractivity contribution in [3.05, 3.63) is 17.1 Å². The molecule has 3 rings (SSSR count). The molecule has 9 nitrogen and oxygen atoms in total. The predicted molar refractivity (Wildman–Crippen MR) is 88.0 cm³/mol. The van der Waals surface area contributed by atoms with Crippen molar-refractivity contribution in [3.63, 3.8) is 0 Å². The largest absolute Gasteiger partial charge is 0.417 e. The maximum absolute atomic E-state index is 12.2.